The second kappa shape index (κ2) is 3.78. The number of aliphatic hydroxyl groups excluding tert-OH is 1. The summed E-state index contributed by atoms with van der Waals surface area (Å²) in [6.07, 6.45) is 2.18. The van der Waals surface area contributed by atoms with Crippen molar-refractivity contribution in [2.24, 2.45) is 0 Å². The molecule has 0 aromatic carbocycles. The molecule has 1 fully saturated rings. The van der Waals surface area contributed by atoms with E-state index in [-0.39, 0.29) is 12.1 Å². The lowest BCUT2D eigenvalue weighted by atomic mass is 10.1. The molecule has 0 radical (unpaired) electrons. The Morgan fingerprint density at radius 1 is 1.62 bits per heavy atom. The summed E-state index contributed by atoms with van der Waals surface area (Å²) in [4.78, 5) is 1.06. The Balaban J connectivity index is 1.91. The fourth-order valence-electron chi connectivity index (χ4n) is 1.42. The van der Waals surface area contributed by atoms with Gasteiger partial charge < -0.3 is 10.4 Å². The van der Waals surface area contributed by atoms with Crippen LogP contribution in [0.2, 0.25) is 0 Å². The predicted molar refractivity (Wildman–Crippen MR) is 54.9 cm³/mol. The largest absolute Gasteiger partial charge is 0.386 e. The van der Waals surface area contributed by atoms with Crippen molar-refractivity contribution in [3.63, 3.8) is 0 Å². The second-order valence-electron chi connectivity index (χ2n) is 3.69. The van der Waals surface area contributed by atoms with Crippen molar-refractivity contribution in [2.75, 3.05) is 0 Å². The van der Waals surface area contributed by atoms with Crippen LogP contribution in [0.15, 0.2) is 17.5 Å². The average molecular weight is 197 g/mol. The fraction of sp³-hybridized carbons (Fsp3) is 0.600. The maximum atomic E-state index is 9.90. The molecular formula is C10H15NOS. The van der Waals surface area contributed by atoms with Crippen LogP contribution in [0, 0.1) is 0 Å². The summed E-state index contributed by atoms with van der Waals surface area (Å²) in [5.41, 5.74) is 0. The summed E-state index contributed by atoms with van der Waals surface area (Å²) in [5.74, 6) is 0. The monoisotopic (exact) mass is 197 g/mol. The third-order valence-corrected chi connectivity index (χ3v) is 3.33. The van der Waals surface area contributed by atoms with Gasteiger partial charge in [-0.05, 0) is 31.2 Å². The molecule has 2 unspecified atom stereocenters. The fourth-order valence-corrected chi connectivity index (χ4v) is 2.23. The van der Waals surface area contributed by atoms with E-state index in [1.165, 1.54) is 12.8 Å². The summed E-state index contributed by atoms with van der Waals surface area (Å²) in [5, 5.41) is 15.3. The highest BCUT2D eigenvalue weighted by molar-refractivity contribution is 7.10. The molecule has 0 bridgehead atoms. The van der Waals surface area contributed by atoms with E-state index in [0.29, 0.717) is 6.04 Å². The first kappa shape index (κ1) is 9.19. The summed E-state index contributed by atoms with van der Waals surface area (Å²) < 4.78 is 0. The molecule has 2 N–H and O–H groups in total. The van der Waals surface area contributed by atoms with E-state index in [4.69, 9.17) is 0 Å². The van der Waals surface area contributed by atoms with Crippen molar-refractivity contribution in [2.45, 2.75) is 38.0 Å². The zero-order valence-corrected chi connectivity index (χ0v) is 8.55. The summed E-state index contributed by atoms with van der Waals surface area (Å²) >= 11 is 1.62. The number of hydrogen-bond acceptors (Lipinski definition) is 3. The first-order valence-electron chi connectivity index (χ1n) is 4.75. The van der Waals surface area contributed by atoms with Gasteiger partial charge in [0.05, 0.1) is 0 Å². The third kappa shape index (κ3) is 2.30. The molecule has 2 nitrogen and oxygen atoms in total. The van der Waals surface area contributed by atoms with Gasteiger partial charge in [0.25, 0.3) is 0 Å². The number of aliphatic hydroxyl groups is 1. The van der Waals surface area contributed by atoms with Crippen LogP contribution in [0.1, 0.15) is 30.7 Å². The Hall–Kier alpha value is -0.380. The Kier molecular flexibility index (Phi) is 2.67. The van der Waals surface area contributed by atoms with Gasteiger partial charge in [0.2, 0.25) is 0 Å². The maximum Gasteiger partial charge on any atom is 0.103 e. The highest BCUT2D eigenvalue weighted by atomic mass is 32.1. The number of thiophene rings is 1. The van der Waals surface area contributed by atoms with Crippen LogP contribution in [0.4, 0.5) is 0 Å². The van der Waals surface area contributed by atoms with E-state index in [2.05, 4.69) is 5.32 Å². The van der Waals surface area contributed by atoms with E-state index < -0.39 is 0 Å². The smallest absolute Gasteiger partial charge is 0.103 e. The SMILES string of the molecule is CC(NC1CC1)C(O)c1cccs1. The zero-order chi connectivity index (χ0) is 9.26. The number of rotatable bonds is 4. The number of hydrogen-bond donors (Lipinski definition) is 2. The van der Waals surface area contributed by atoms with E-state index in [9.17, 15) is 5.11 Å². The minimum absolute atomic E-state index is 0.172. The van der Waals surface area contributed by atoms with Crippen LogP contribution >= 0.6 is 11.3 Å². The van der Waals surface area contributed by atoms with Gasteiger partial charge in [-0.1, -0.05) is 6.07 Å². The molecule has 1 aliphatic carbocycles. The molecule has 0 spiro atoms. The van der Waals surface area contributed by atoms with Gasteiger partial charge in [0.1, 0.15) is 6.10 Å². The molecule has 0 amide bonds. The van der Waals surface area contributed by atoms with Crippen LogP contribution < -0.4 is 5.32 Å². The quantitative estimate of drug-likeness (QED) is 0.773. The van der Waals surface area contributed by atoms with Crippen molar-refractivity contribution in [1.82, 2.24) is 5.32 Å². The second-order valence-corrected chi connectivity index (χ2v) is 4.67. The van der Waals surface area contributed by atoms with Crippen molar-refractivity contribution >= 4 is 11.3 Å². The Morgan fingerprint density at radius 2 is 2.38 bits per heavy atom. The molecule has 2 rings (SSSR count). The minimum atomic E-state index is -0.347. The highest BCUT2D eigenvalue weighted by Crippen LogP contribution is 2.25. The zero-order valence-electron chi connectivity index (χ0n) is 7.73. The molecule has 1 aliphatic rings. The van der Waals surface area contributed by atoms with Crippen LogP contribution in [0.3, 0.4) is 0 Å². The van der Waals surface area contributed by atoms with Crippen LogP contribution in [-0.4, -0.2) is 17.2 Å². The topological polar surface area (TPSA) is 32.3 Å². The molecule has 1 aromatic rings. The molecule has 1 heterocycles. The van der Waals surface area contributed by atoms with Gasteiger partial charge >= 0.3 is 0 Å². The average Bonchev–Trinajstić information content (AvgIpc) is 2.78. The lowest BCUT2D eigenvalue weighted by Gasteiger charge is -2.18. The van der Waals surface area contributed by atoms with Crippen LogP contribution in [0.5, 0.6) is 0 Å². The maximum absolute atomic E-state index is 9.90. The number of nitrogens with one attached hydrogen (secondary N) is 1. The van der Waals surface area contributed by atoms with Crippen LogP contribution in [-0.2, 0) is 0 Å². The Bertz CT molecular complexity index is 256. The minimum Gasteiger partial charge on any atom is -0.386 e. The molecule has 0 saturated heterocycles. The summed E-state index contributed by atoms with van der Waals surface area (Å²) in [6.45, 7) is 2.04. The molecule has 13 heavy (non-hydrogen) atoms. The standard InChI is InChI=1S/C10H15NOS/c1-7(11-8-4-5-8)10(12)9-3-2-6-13-9/h2-3,6-8,10-12H,4-5H2,1H3. The van der Waals surface area contributed by atoms with Gasteiger partial charge in [0, 0.05) is 17.0 Å². The van der Waals surface area contributed by atoms with Crippen molar-refractivity contribution in [1.29, 1.82) is 0 Å². The van der Waals surface area contributed by atoms with E-state index in [0.717, 1.165) is 4.88 Å². The summed E-state index contributed by atoms with van der Waals surface area (Å²) in [7, 11) is 0. The van der Waals surface area contributed by atoms with Crippen molar-refractivity contribution < 1.29 is 5.11 Å². The van der Waals surface area contributed by atoms with Gasteiger partial charge in [-0.15, -0.1) is 11.3 Å². The van der Waals surface area contributed by atoms with Gasteiger partial charge in [0.15, 0.2) is 0 Å². The first-order chi connectivity index (χ1) is 6.27. The highest BCUT2D eigenvalue weighted by Gasteiger charge is 2.26. The van der Waals surface area contributed by atoms with Gasteiger partial charge in [-0.25, -0.2) is 0 Å². The normalized spacial score (nSPS) is 21.4. The summed E-state index contributed by atoms with van der Waals surface area (Å²) in [6, 6.07) is 4.80. The van der Waals surface area contributed by atoms with Crippen LogP contribution in [0.25, 0.3) is 0 Å². The molecule has 1 aromatic heterocycles. The van der Waals surface area contributed by atoms with E-state index >= 15 is 0 Å². The molecular weight excluding hydrogens is 182 g/mol. The van der Waals surface area contributed by atoms with Gasteiger partial charge in [-0.3, -0.25) is 0 Å². The lowest BCUT2D eigenvalue weighted by Crippen LogP contribution is -2.33. The van der Waals surface area contributed by atoms with Gasteiger partial charge in [-0.2, -0.15) is 0 Å². The molecule has 2 atom stereocenters. The molecule has 1 saturated carbocycles. The van der Waals surface area contributed by atoms with Crippen molar-refractivity contribution in [3.8, 4) is 0 Å². The molecule has 3 heteroatoms. The molecule has 72 valence electrons. The lowest BCUT2D eigenvalue weighted by molar-refractivity contribution is 0.138. The Morgan fingerprint density at radius 3 is 2.92 bits per heavy atom. The van der Waals surface area contributed by atoms with E-state index in [1.807, 2.05) is 24.4 Å². The third-order valence-electron chi connectivity index (χ3n) is 2.38. The Labute approximate surface area is 82.6 Å². The first-order valence-corrected chi connectivity index (χ1v) is 5.63. The molecule has 0 aliphatic heterocycles. The van der Waals surface area contributed by atoms with Crippen molar-refractivity contribution in [3.05, 3.63) is 22.4 Å². The predicted octanol–water partition coefficient (Wildman–Crippen LogP) is 1.92. The van der Waals surface area contributed by atoms with E-state index in [1.54, 1.807) is 11.3 Å².